The maximum absolute atomic E-state index is 4.97. The van der Waals surface area contributed by atoms with Crippen molar-refractivity contribution in [2.45, 2.75) is 12.8 Å². The molecule has 0 rings (SSSR count). The van der Waals surface area contributed by atoms with Crippen LogP contribution in [0.2, 0.25) is 0 Å². The molecule has 0 heterocycles. The standard InChI is InChI=1S/C12H29N3O/c1-14(2)10-11-15(3)9-6-5-7-13-8-12-16-4/h13H,5-12H2,1-4H3. The van der Waals surface area contributed by atoms with Gasteiger partial charge in [0, 0.05) is 26.7 Å². The molecule has 4 heteroatoms. The van der Waals surface area contributed by atoms with Gasteiger partial charge in [-0.3, -0.25) is 0 Å². The Morgan fingerprint density at radius 1 is 0.938 bits per heavy atom. The monoisotopic (exact) mass is 231 g/mol. The lowest BCUT2D eigenvalue weighted by molar-refractivity contribution is 0.199. The molecule has 0 aliphatic rings. The molecule has 0 aromatic carbocycles. The number of ether oxygens (including phenoxy) is 1. The minimum Gasteiger partial charge on any atom is -0.383 e. The summed E-state index contributed by atoms with van der Waals surface area (Å²) in [6, 6.07) is 0. The number of rotatable bonds is 11. The van der Waals surface area contributed by atoms with Gasteiger partial charge in [-0.15, -0.1) is 0 Å². The lowest BCUT2D eigenvalue weighted by Crippen LogP contribution is -2.29. The molecule has 0 bridgehead atoms. The molecule has 0 aromatic heterocycles. The van der Waals surface area contributed by atoms with Gasteiger partial charge in [-0.2, -0.15) is 0 Å². The minimum absolute atomic E-state index is 0.808. The Bertz CT molecular complexity index is 142. The van der Waals surface area contributed by atoms with Crippen molar-refractivity contribution in [1.29, 1.82) is 0 Å². The molecule has 0 atom stereocenters. The van der Waals surface area contributed by atoms with Crippen molar-refractivity contribution in [2.24, 2.45) is 0 Å². The predicted octanol–water partition coefficient (Wildman–Crippen LogP) is 0.496. The second kappa shape index (κ2) is 11.3. The summed E-state index contributed by atoms with van der Waals surface area (Å²) >= 11 is 0. The number of likely N-dealkylation sites (N-methyl/N-ethyl adjacent to an activating group) is 2. The van der Waals surface area contributed by atoms with E-state index in [4.69, 9.17) is 4.74 Å². The van der Waals surface area contributed by atoms with Gasteiger partial charge >= 0.3 is 0 Å². The van der Waals surface area contributed by atoms with Crippen LogP contribution in [-0.2, 0) is 4.74 Å². The second-order valence-electron chi connectivity index (χ2n) is 4.56. The maximum Gasteiger partial charge on any atom is 0.0587 e. The zero-order valence-corrected chi connectivity index (χ0v) is 11.5. The van der Waals surface area contributed by atoms with Crippen LogP contribution in [0.1, 0.15) is 12.8 Å². The molecule has 0 amide bonds. The summed E-state index contributed by atoms with van der Waals surface area (Å²) in [5, 5.41) is 3.36. The number of nitrogens with zero attached hydrogens (tertiary/aromatic N) is 2. The lowest BCUT2D eigenvalue weighted by Gasteiger charge is -2.19. The Morgan fingerprint density at radius 2 is 1.69 bits per heavy atom. The van der Waals surface area contributed by atoms with Crippen LogP contribution in [0.4, 0.5) is 0 Å². The van der Waals surface area contributed by atoms with Gasteiger partial charge in [0.25, 0.3) is 0 Å². The van der Waals surface area contributed by atoms with Crippen molar-refractivity contribution >= 4 is 0 Å². The van der Waals surface area contributed by atoms with Crippen molar-refractivity contribution in [1.82, 2.24) is 15.1 Å². The first-order valence-corrected chi connectivity index (χ1v) is 6.19. The summed E-state index contributed by atoms with van der Waals surface area (Å²) in [7, 11) is 8.17. The van der Waals surface area contributed by atoms with Gasteiger partial charge in [-0.05, 0) is 47.1 Å². The van der Waals surface area contributed by atoms with E-state index in [-0.39, 0.29) is 0 Å². The highest BCUT2D eigenvalue weighted by Crippen LogP contribution is 1.92. The van der Waals surface area contributed by atoms with Crippen LogP contribution in [0.15, 0.2) is 0 Å². The summed E-state index contributed by atoms with van der Waals surface area (Å²) in [4.78, 5) is 4.62. The van der Waals surface area contributed by atoms with Gasteiger partial charge in [0.1, 0.15) is 0 Å². The molecule has 0 aromatic rings. The molecule has 0 radical (unpaired) electrons. The summed E-state index contributed by atoms with van der Waals surface area (Å²) in [6.07, 6.45) is 2.51. The van der Waals surface area contributed by atoms with Crippen molar-refractivity contribution in [3.05, 3.63) is 0 Å². The van der Waals surface area contributed by atoms with E-state index >= 15 is 0 Å². The first-order valence-electron chi connectivity index (χ1n) is 6.19. The number of hydrogen-bond acceptors (Lipinski definition) is 4. The average Bonchev–Trinajstić information content (AvgIpc) is 2.25. The van der Waals surface area contributed by atoms with E-state index < -0.39 is 0 Å². The highest BCUT2D eigenvalue weighted by molar-refractivity contribution is 4.55. The van der Waals surface area contributed by atoms with E-state index in [0.29, 0.717) is 0 Å². The molecule has 1 N–H and O–H groups in total. The Balaban J connectivity index is 3.12. The SMILES string of the molecule is COCCNCCCCN(C)CCN(C)C. The van der Waals surface area contributed by atoms with Gasteiger partial charge in [0.2, 0.25) is 0 Å². The van der Waals surface area contributed by atoms with E-state index in [1.54, 1.807) is 7.11 Å². The molecule has 0 aliphatic carbocycles. The van der Waals surface area contributed by atoms with E-state index in [9.17, 15) is 0 Å². The molecule has 16 heavy (non-hydrogen) atoms. The first-order chi connectivity index (χ1) is 7.66. The molecular weight excluding hydrogens is 202 g/mol. The third-order valence-electron chi connectivity index (χ3n) is 2.56. The van der Waals surface area contributed by atoms with Crippen molar-refractivity contribution in [3.8, 4) is 0 Å². The molecular formula is C12H29N3O. The van der Waals surface area contributed by atoms with Gasteiger partial charge in [0.05, 0.1) is 6.61 Å². The second-order valence-corrected chi connectivity index (χ2v) is 4.56. The summed E-state index contributed by atoms with van der Waals surface area (Å²) in [5.41, 5.74) is 0. The number of unbranched alkanes of at least 4 members (excludes halogenated alkanes) is 1. The van der Waals surface area contributed by atoms with Crippen LogP contribution in [0.5, 0.6) is 0 Å². The van der Waals surface area contributed by atoms with E-state index in [2.05, 4.69) is 36.3 Å². The lowest BCUT2D eigenvalue weighted by atomic mass is 10.3. The predicted molar refractivity (Wildman–Crippen MR) is 70.0 cm³/mol. The molecule has 0 saturated heterocycles. The molecule has 0 unspecified atom stereocenters. The molecule has 0 spiro atoms. The molecule has 0 fully saturated rings. The average molecular weight is 231 g/mol. The fourth-order valence-corrected chi connectivity index (χ4v) is 1.41. The minimum atomic E-state index is 0.808. The molecule has 4 nitrogen and oxygen atoms in total. The van der Waals surface area contributed by atoms with Crippen LogP contribution < -0.4 is 5.32 Å². The van der Waals surface area contributed by atoms with Crippen LogP contribution in [0.25, 0.3) is 0 Å². The summed E-state index contributed by atoms with van der Waals surface area (Å²) in [6.45, 7) is 6.37. The Kier molecular flexibility index (Phi) is 11.2. The van der Waals surface area contributed by atoms with Crippen LogP contribution in [-0.4, -0.2) is 77.4 Å². The van der Waals surface area contributed by atoms with Gasteiger partial charge in [-0.1, -0.05) is 0 Å². The Morgan fingerprint density at radius 3 is 2.31 bits per heavy atom. The van der Waals surface area contributed by atoms with Crippen molar-refractivity contribution < 1.29 is 4.74 Å². The third kappa shape index (κ3) is 11.9. The van der Waals surface area contributed by atoms with Gasteiger partial charge in [0.15, 0.2) is 0 Å². The quantitative estimate of drug-likeness (QED) is 0.524. The first kappa shape index (κ1) is 15.8. The Hall–Kier alpha value is -0.160. The molecule has 0 aliphatic heterocycles. The highest BCUT2D eigenvalue weighted by Gasteiger charge is 1.98. The topological polar surface area (TPSA) is 27.7 Å². The molecule has 0 saturated carbocycles. The van der Waals surface area contributed by atoms with Crippen LogP contribution in [0, 0.1) is 0 Å². The van der Waals surface area contributed by atoms with Gasteiger partial charge in [-0.25, -0.2) is 0 Å². The van der Waals surface area contributed by atoms with Crippen LogP contribution >= 0.6 is 0 Å². The van der Waals surface area contributed by atoms with Crippen molar-refractivity contribution in [3.63, 3.8) is 0 Å². The molecule has 98 valence electrons. The van der Waals surface area contributed by atoms with Crippen LogP contribution in [0.3, 0.4) is 0 Å². The smallest absolute Gasteiger partial charge is 0.0587 e. The normalized spacial score (nSPS) is 11.6. The van der Waals surface area contributed by atoms with E-state index in [1.165, 1.54) is 19.4 Å². The van der Waals surface area contributed by atoms with E-state index in [1.807, 2.05) is 0 Å². The van der Waals surface area contributed by atoms with Crippen molar-refractivity contribution in [2.75, 3.05) is 67.6 Å². The fourth-order valence-electron chi connectivity index (χ4n) is 1.41. The zero-order valence-electron chi connectivity index (χ0n) is 11.5. The fraction of sp³-hybridized carbons (Fsp3) is 1.00. The maximum atomic E-state index is 4.97. The summed E-state index contributed by atoms with van der Waals surface area (Å²) < 4.78 is 4.97. The summed E-state index contributed by atoms with van der Waals surface area (Å²) in [5.74, 6) is 0. The largest absolute Gasteiger partial charge is 0.383 e. The van der Waals surface area contributed by atoms with Gasteiger partial charge < -0.3 is 19.9 Å². The third-order valence-corrected chi connectivity index (χ3v) is 2.56. The van der Waals surface area contributed by atoms with E-state index in [0.717, 1.165) is 32.8 Å². The Labute approximate surface area is 101 Å². The number of hydrogen-bond donors (Lipinski definition) is 1. The zero-order chi connectivity index (χ0) is 12.2. The number of methoxy groups -OCH3 is 1. The number of nitrogens with one attached hydrogen (secondary N) is 1. The highest BCUT2D eigenvalue weighted by atomic mass is 16.5.